The third-order valence-corrected chi connectivity index (χ3v) is 6.73. The van der Waals surface area contributed by atoms with Crippen LogP contribution >= 0.6 is 11.3 Å². The van der Waals surface area contributed by atoms with Crippen molar-refractivity contribution in [1.82, 2.24) is 9.80 Å². The average Bonchev–Trinajstić information content (AvgIpc) is 3.44. The molecule has 2 amide bonds. The molecule has 4 rings (SSSR count). The van der Waals surface area contributed by atoms with Crippen LogP contribution in [0.3, 0.4) is 0 Å². The summed E-state index contributed by atoms with van der Waals surface area (Å²) in [5.41, 5.74) is 0.722. The molecule has 5 nitrogen and oxygen atoms in total. The number of thiophene rings is 1. The van der Waals surface area contributed by atoms with Gasteiger partial charge in [0.2, 0.25) is 0 Å². The Kier molecular flexibility index (Phi) is 6.19. The molecule has 3 heterocycles. The fourth-order valence-electron chi connectivity index (χ4n) is 4.10. The van der Waals surface area contributed by atoms with Crippen LogP contribution in [0.5, 0.6) is 5.75 Å². The zero-order valence-corrected chi connectivity index (χ0v) is 17.7. The zero-order chi connectivity index (χ0) is 20.2. The van der Waals surface area contributed by atoms with Crippen molar-refractivity contribution in [3.63, 3.8) is 0 Å². The summed E-state index contributed by atoms with van der Waals surface area (Å²) in [6.45, 7) is 5.89. The first-order valence-electron chi connectivity index (χ1n) is 10.5. The molecule has 0 N–H and O–H groups in total. The van der Waals surface area contributed by atoms with Crippen molar-refractivity contribution in [3.8, 4) is 5.75 Å². The van der Waals surface area contributed by atoms with E-state index in [1.54, 1.807) is 11.3 Å². The monoisotopic (exact) mass is 412 g/mol. The number of aryl methyl sites for hydroxylation is 1. The number of likely N-dealkylation sites (tertiary alicyclic amines) is 2. The molecule has 2 fully saturated rings. The summed E-state index contributed by atoms with van der Waals surface area (Å²) < 4.78 is 5.98. The molecule has 1 atom stereocenters. The summed E-state index contributed by atoms with van der Waals surface area (Å²) in [4.78, 5) is 31.0. The summed E-state index contributed by atoms with van der Waals surface area (Å²) in [6.07, 6.45) is 4.27. The van der Waals surface area contributed by atoms with E-state index < -0.39 is 0 Å². The summed E-state index contributed by atoms with van der Waals surface area (Å²) in [7, 11) is 0. The van der Waals surface area contributed by atoms with Gasteiger partial charge in [-0.1, -0.05) is 0 Å². The molecule has 29 heavy (non-hydrogen) atoms. The van der Waals surface area contributed by atoms with Gasteiger partial charge in [0, 0.05) is 42.5 Å². The van der Waals surface area contributed by atoms with Gasteiger partial charge < -0.3 is 14.5 Å². The van der Waals surface area contributed by atoms with E-state index in [1.807, 2.05) is 53.1 Å². The minimum absolute atomic E-state index is 0.110. The highest BCUT2D eigenvalue weighted by Crippen LogP contribution is 2.24. The van der Waals surface area contributed by atoms with Gasteiger partial charge in [0.05, 0.1) is 11.5 Å². The maximum absolute atomic E-state index is 12.7. The van der Waals surface area contributed by atoms with Crippen LogP contribution in [0.1, 0.15) is 50.6 Å². The number of carbonyl (C=O) groups excluding carboxylic acids is 2. The van der Waals surface area contributed by atoms with Crippen molar-refractivity contribution < 1.29 is 14.3 Å². The highest BCUT2D eigenvalue weighted by molar-refractivity contribution is 7.13. The molecule has 6 heteroatoms. The third-order valence-electron chi connectivity index (χ3n) is 5.74. The van der Waals surface area contributed by atoms with Crippen molar-refractivity contribution in [3.05, 3.63) is 51.7 Å². The van der Waals surface area contributed by atoms with Gasteiger partial charge in [0.25, 0.3) is 11.8 Å². The number of nitrogens with zero attached hydrogens (tertiary/aromatic N) is 2. The van der Waals surface area contributed by atoms with E-state index in [0.29, 0.717) is 12.5 Å². The number of carbonyl (C=O) groups is 2. The average molecular weight is 413 g/mol. The van der Waals surface area contributed by atoms with Crippen LogP contribution < -0.4 is 4.74 Å². The van der Waals surface area contributed by atoms with Gasteiger partial charge in [0.15, 0.2) is 0 Å². The molecule has 2 aromatic rings. The number of amides is 2. The summed E-state index contributed by atoms with van der Waals surface area (Å²) in [5.74, 6) is 1.36. The minimum atomic E-state index is 0.110. The Labute approximate surface area is 176 Å². The molecule has 154 valence electrons. The highest BCUT2D eigenvalue weighted by atomic mass is 32.1. The van der Waals surface area contributed by atoms with E-state index in [1.165, 1.54) is 0 Å². The second-order valence-corrected chi connectivity index (χ2v) is 9.29. The van der Waals surface area contributed by atoms with E-state index >= 15 is 0 Å². The van der Waals surface area contributed by atoms with Gasteiger partial charge in [-0.2, -0.15) is 0 Å². The molecule has 1 unspecified atom stereocenters. The van der Waals surface area contributed by atoms with E-state index in [-0.39, 0.29) is 11.8 Å². The van der Waals surface area contributed by atoms with Gasteiger partial charge in [0.1, 0.15) is 5.75 Å². The van der Waals surface area contributed by atoms with Crippen molar-refractivity contribution in [1.29, 1.82) is 0 Å². The van der Waals surface area contributed by atoms with Crippen LogP contribution in [-0.2, 0) is 0 Å². The molecule has 0 spiro atoms. The molecule has 2 aliphatic rings. The Hall–Kier alpha value is -2.34. The maximum Gasteiger partial charge on any atom is 0.263 e. The van der Waals surface area contributed by atoms with Crippen LogP contribution in [0.4, 0.5) is 0 Å². The molecule has 0 aliphatic carbocycles. The van der Waals surface area contributed by atoms with E-state index in [0.717, 1.165) is 72.9 Å². The lowest BCUT2D eigenvalue weighted by Gasteiger charge is -2.32. The molecule has 0 radical (unpaired) electrons. The molecule has 1 aromatic carbocycles. The largest absolute Gasteiger partial charge is 0.493 e. The number of hydrogen-bond acceptors (Lipinski definition) is 4. The van der Waals surface area contributed by atoms with Crippen molar-refractivity contribution in [2.75, 3.05) is 32.8 Å². The van der Waals surface area contributed by atoms with Gasteiger partial charge in [-0.15, -0.1) is 11.3 Å². The fraction of sp³-hybridized carbons (Fsp3) is 0.478. The van der Waals surface area contributed by atoms with Gasteiger partial charge >= 0.3 is 0 Å². The number of benzene rings is 1. The van der Waals surface area contributed by atoms with Crippen LogP contribution in [0.15, 0.2) is 36.4 Å². The molecule has 0 bridgehead atoms. The molecule has 2 aliphatic heterocycles. The second-order valence-electron chi connectivity index (χ2n) is 8.00. The lowest BCUT2D eigenvalue weighted by molar-refractivity contribution is 0.0638. The molecule has 2 saturated heterocycles. The summed E-state index contributed by atoms with van der Waals surface area (Å²) >= 11 is 1.56. The van der Waals surface area contributed by atoms with Crippen LogP contribution in [-0.4, -0.2) is 54.4 Å². The quantitative estimate of drug-likeness (QED) is 0.739. The van der Waals surface area contributed by atoms with Gasteiger partial charge in [-0.3, -0.25) is 9.59 Å². The smallest absolute Gasteiger partial charge is 0.263 e. The number of piperidine rings is 1. The van der Waals surface area contributed by atoms with Crippen molar-refractivity contribution in [2.45, 2.75) is 32.6 Å². The highest BCUT2D eigenvalue weighted by Gasteiger charge is 2.26. The lowest BCUT2D eigenvalue weighted by Crippen LogP contribution is -2.41. The minimum Gasteiger partial charge on any atom is -0.493 e. The Morgan fingerprint density at radius 2 is 1.69 bits per heavy atom. The molecule has 1 aromatic heterocycles. The van der Waals surface area contributed by atoms with Crippen LogP contribution in [0, 0.1) is 12.8 Å². The van der Waals surface area contributed by atoms with E-state index in [2.05, 4.69) is 0 Å². The Morgan fingerprint density at radius 1 is 0.966 bits per heavy atom. The third kappa shape index (κ3) is 4.81. The van der Waals surface area contributed by atoms with Crippen molar-refractivity contribution in [2.24, 2.45) is 5.92 Å². The number of ether oxygens (including phenoxy) is 1. The predicted octanol–water partition coefficient (Wildman–Crippen LogP) is 4.22. The number of hydrogen-bond donors (Lipinski definition) is 0. The second kappa shape index (κ2) is 8.99. The number of rotatable bonds is 5. The molecular formula is C23H28N2O3S. The first kappa shape index (κ1) is 20.0. The molecule has 0 saturated carbocycles. The zero-order valence-electron chi connectivity index (χ0n) is 16.9. The topological polar surface area (TPSA) is 49.9 Å². The SMILES string of the molecule is Cc1ccc(C(=O)N2CCCC(COc3ccc(C(=O)N4CCCC4)cc3)C2)s1. The predicted molar refractivity (Wildman–Crippen MR) is 115 cm³/mol. The summed E-state index contributed by atoms with van der Waals surface area (Å²) in [6, 6.07) is 11.4. The standard InChI is InChI=1S/C23H28N2O3S/c1-17-6-11-21(29-17)23(27)25-14-4-5-18(15-25)16-28-20-9-7-19(8-10-20)22(26)24-12-2-3-13-24/h6-11,18H,2-5,12-16H2,1H3. The Bertz CT molecular complexity index is 855. The Morgan fingerprint density at radius 3 is 2.38 bits per heavy atom. The normalized spacial score (nSPS) is 19.4. The van der Waals surface area contributed by atoms with Crippen molar-refractivity contribution >= 4 is 23.2 Å². The Balaban J connectivity index is 1.29. The molecular weight excluding hydrogens is 384 g/mol. The first-order valence-corrected chi connectivity index (χ1v) is 11.3. The van der Waals surface area contributed by atoms with Gasteiger partial charge in [-0.25, -0.2) is 0 Å². The van der Waals surface area contributed by atoms with Crippen LogP contribution in [0.2, 0.25) is 0 Å². The fourth-order valence-corrected chi connectivity index (χ4v) is 4.94. The lowest BCUT2D eigenvalue weighted by atomic mass is 9.99. The van der Waals surface area contributed by atoms with E-state index in [9.17, 15) is 9.59 Å². The van der Waals surface area contributed by atoms with E-state index in [4.69, 9.17) is 4.74 Å². The summed E-state index contributed by atoms with van der Waals surface area (Å²) in [5, 5.41) is 0. The van der Waals surface area contributed by atoms with Crippen LogP contribution in [0.25, 0.3) is 0 Å². The maximum atomic E-state index is 12.7. The first-order chi connectivity index (χ1) is 14.1. The van der Waals surface area contributed by atoms with Gasteiger partial charge in [-0.05, 0) is 69.0 Å².